The van der Waals surface area contributed by atoms with Crippen molar-refractivity contribution in [3.8, 4) is 0 Å². The summed E-state index contributed by atoms with van der Waals surface area (Å²) in [7, 11) is 0. The Hall–Kier alpha value is -0.670. The molecule has 86 valence electrons. The Bertz CT molecular complexity index is 216. The van der Waals surface area contributed by atoms with Gasteiger partial charge in [0, 0.05) is 26.1 Å². The van der Waals surface area contributed by atoms with E-state index in [0.29, 0.717) is 12.2 Å². The van der Waals surface area contributed by atoms with Gasteiger partial charge >= 0.3 is 0 Å². The van der Waals surface area contributed by atoms with Crippen LogP contribution in [-0.4, -0.2) is 42.9 Å². The number of nitrogens with zero attached hydrogens (tertiary/aromatic N) is 1. The van der Waals surface area contributed by atoms with Crippen molar-refractivity contribution >= 4 is 5.78 Å². The number of Topliss-reactive ketones (excluding diaryl/α,β-unsaturated/α-hetero) is 1. The van der Waals surface area contributed by atoms with E-state index in [1.165, 1.54) is 0 Å². The van der Waals surface area contributed by atoms with Crippen LogP contribution in [0, 0.1) is 0 Å². The Morgan fingerprint density at radius 3 is 2.93 bits per heavy atom. The molecule has 1 atom stereocenters. The molecular weight excluding hydrogens is 188 g/mol. The molecule has 0 amide bonds. The zero-order chi connectivity index (χ0) is 11.1. The summed E-state index contributed by atoms with van der Waals surface area (Å²) in [5.74, 6) is 0.384. The smallest absolute Gasteiger partial charge is 0.151 e. The first-order chi connectivity index (χ1) is 7.27. The summed E-state index contributed by atoms with van der Waals surface area (Å²) in [6.07, 6.45) is 4.63. The van der Waals surface area contributed by atoms with Gasteiger partial charge in [-0.25, -0.2) is 0 Å². The van der Waals surface area contributed by atoms with Crippen molar-refractivity contribution in [1.29, 1.82) is 0 Å². The summed E-state index contributed by atoms with van der Waals surface area (Å²) in [4.78, 5) is 13.8. The number of carbonyl (C=O) groups excluding carboxylic acids is 1. The number of ketones is 1. The first kappa shape index (κ1) is 12.4. The number of nitrogens with one attached hydrogen (secondary N) is 1. The predicted molar refractivity (Wildman–Crippen MR) is 63.0 cm³/mol. The fourth-order valence-electron chi connectivity index (χ4n) is 1.93. The molecule has 1 heterocycles. The van der Waals surface area contributed by atoms with Gasteiger partial charge in [0.2, 0.25) is 0 Å². The highest BCUT2D eigenvalue weighted by Crippen LogP contribution is 2.06. The predicted octanol–water partition coefficient (Wildman–Crippen LogP) is 1.21. The Labute approximate surface area is 92.5 Å². The second-order valence-electron chi connectivity index (χ2n) is 4.02. The summed E-state index contributed by atoms with van der Waals surface area (Å²) >= 11 is 0. The summed E-state index contributed by atoms with van der Waals surface area (Å²) in [6.45, 7) is 9.86. The van der Waals surface area contributed by atoms with Gasteiger partial charge < -0.3 is 10.2 Å². The molecule has 15 heavy (non-hydrogen) atoms. The summed E-state index contributed by atoms with van der Waals surface area (Å²) < 4.78 is 0. The lowest BCUT2D eigenvalue weighted by atomic mass is 10.1. The Morgan fingerprint density at radius 1 is 1.60 bits per heavy atom. The van der Waals surface area contributed by atoms with Crippen LogP contribution in [0.25, 0.3) is 0 Å². The molecule has 1 rings (SSSR count). The molecule has 0 spiro atoms. The van der Waals surface area contributed by atoms with E-state index in [1.807, 2.05) is 6.08 Å². The van der Waals surface area contributed by atoms with E-state index in [0.717, 1.165) is 39.0 Å². The Kier molecular flexibility index (Phi) is 5.58. The summed E-state index contributed by atoms with van der Waals surface area (Å²) in [5.41, 5.74) is 0. The number of rotatable bonds is 7. The summed E-state index contributed by atoms with van der Waals surface area (Å²) in [6, 6.07) is 0.114. The minimum atomic E-state index is 0.114. The molecule has 1 aliphatic heterocycles. The maximum atomic E-state index is 11.4. The molecule has 1 saturated heterocycles. The van der Waals surface area contributed by atoms with E-state index in [-0.39, 0.29) is 6.04 Å². The topological polar surface area (TPSA) is 32.3 Å². The van der Waals surface area contributed by atoms with Gasteiger partial charge in [-0.1, -0.05) is 13.0 Å². The number of hydrogen-bond donors (Lipinski definition) is 1. The fourth-order valence-corrected chi connectivity index (χ4v) is 1.93. The lowest BCUT2D eigenvalue weighted by Crippen LogP contribution is -2.34. The average molecular weight is 210 g/mol. The monoisotopic (exact) mass is 210 g/mol. The van der Waals surface area contributed by atoms with Crippen molar-refractivity contribution in [1.82, 2.24) is 10.2 Å². The molecular formula is C12H22N2O. The van der Waals surface area contributed by atoms with E-state index >= 15 is 0 Å². The van der Waals surface area contributed by atoms with E-state index < -0.39 is 0 Å². The third kappa shape index (κ3) is 4.14. The minimum Gasteiger partial charge on any atom is -0.307 e. The highest BCUT2D eigenvalue weighted by Gasteiger charge is 2.23. The second-order valence-corrected chi connectivity index (χ2v) is 4.02. The van der Waals surface area contributed by atoms with Gasteiger partial charge in [0.05, 0.1) is 6.04 Å². The van der Waals surface area contributed by atoms with E-state index in [4.69, 9.17) is 0 Å². The SMILES string of the molecule is C=CCCN(CC)CCC1NCCC1=O. The number of carbonyl (C=O) groups is 1. The van der Waals surface area contributed by atoms with Crippen LogP contribution in [-0.2, 0) is 4.79 Å². The van der Waals surface area contributed by atoms with Crippen molar-refractivity contribution < 1.29 is 4.79 Å². The quantitative estimate of drug-likeness (QED) is 0.641. The Morgan fingerprint density at radius 2 is 2.40 bits per heavy atom. The lowest BCUT2D eigenvalue weighted by molar-refractivity contribution is -0.118. The van der Waals surface area contributed by atoms with Crippen LogP contribution >= 0.6 is 0 Å². The summed E-state index contributed by atoms with van der Waals surface area (Å²) in [5, 5.41) is 3.25. The van der Waals surface area contributed by atoms with Gasteiger partial charge in [0.25, 0.3) is 0 Å². The molecule has 0 aromatic heterocycles. The van der Waals surface area contributed by atoms with Crippen LogP contribution in [0.4, 0.5) is 0 Å². The van der Waals surface area contributed by atoms with Crippen molar-refractivity contribution in [2.45, 2.75) is 32.2 Å². The van der Waals surface area contributed by atoms with Gasteiger partial charge in [0.15, 0.2) is 5.78 Å². The molecule has 0 saturated carbocycles. The molecule has 1 fully saturated rings. The van der Waals surface area contributed by atoms with Gasteiger partial charge in [-0.15, -0.1) is 6.58 Å². The van der Waals surface area contributed by atoms with Gasteiger partial charge in [-0.2, -0.15) is 0 Å². The first-order valence-electron chi connectivity index (χ1n) is 5.87. The van der Waals surface area contributed by atoms with Crippen LogP contribution in [0.2, 0.25) is 0 Å². The van der Waals surface area contributed by atoms with Crippen molar-refractivity contribution in [2.75, 3.05) is 26.2 Å². The zero-order valence-electron chi connectivity index (χ0n) is 9.67. The molecule has 0 aliphatic carbocycles. The average Bonchev–Trinajstić information content (AvgIpc) is 2.65. The van der Waals surface area contributed by atoms with E-state index in [2.05, 4.69) is 23.7 Å². The zero-order valence-corrected chi connectivity index (χ0v) is 9.67. The minimum absolute atomic E-state index is 0.114. The Balaban J connectivity index is 2.20. The molecule has 0 radical (unpaired) electrons. The molecule has 3 heteroatoms. The molecule has 0 bridgehead atoms. The van der Waals surface area contributed by atoms with Crippen LogP contribution in [0.15, 0.2) is 12.7 Å². The molecule has 1 aliphatic rings. The highest BCUT2D eigenvalue weighted by atomic mass is 16.1. The third-order valence-corrected chi connectivity index (χ3v) is 2.98. The van der Waals surface area contributed by atoms with E-state index in [9.17, 15) is 4.79 Å². The van der Waals surface area contributed by atoms with Crippen molar-refractivity contribution in [3.63, 3.8) is 0 Å². The van der Waals surface area contributed by atoms with Crippen LogP contribution in [0.5, 0.6) is 0 Å². The first-order valence-corrected chi connectivity index (χ1v) is 5.87. The molecule has 1 N–H and O–H groups in total. The third-order valence-electron chi connectivity index (χ3n) is 2.98. The second kappa shape index (κ2) is 6.75. The molecule has 0 aromatic carbocycles. The van der Waals surface area contributed by atoms with Gasteiger partial charge in [-0.05, 0) is 19.4 Å². The maximum Gasteiger partial charge on any atom is 0.151 e. The van der Waals surface area contributed by atoms with Crippen molar-refractivity contribution in [3.05, 3.63) is 12.7 Å². The standard InChI is InChI=1S/C12H22N2O/c1-3-5-9-14(4-2)10-7-11-12(15)6-8-13-11/h3,11,13H,1,4-10H2,2H3. The molecule has 1 unspecified atom stereocenters. The lowest BCUT2D eigenvalue weighted by Gasteiger charge is -2.21. The number of hydrogen-bond acceptors (Lipinski definition) is 3. The normalized spacial score (nSPS) is 21.2. The van der Waals surface area contributed by atoms with Gasteiger partial charge in [-0.3, -0.25) is 4.79 Å². The fraction of sp³-hybridized carbons (Fsp3) is 0.750. The van der Waals surface area contributed by atoms with Gasteiger partial charge in [0.1, 0.15) is 0 Å². The highest BCUT2D eigenvalue weighted by molar-refractivity contribution is 5.86. The van der Waals surface area contributed by atoms with Crippen molar-refractivity contribution in [2.24, 2.45) is 0 Å². The molecule has 0 aromatic rings. The van der Waals surface area contributed by atoms with Crippen LogP contribution in [0.1, 0.15) is 26.2 Å². The van der Waals surface area contributed by atoms with Crippen LogP contribution in [0.3, 0.4) is 0 Å². The molecule has 3 nitrogen and oxygen atoms in total. The van der Waals surface area contributed by atoms with Crippen LogP contribution < -0.4 is 5.32 Å². The largest absolute Gasteiger partial charge is 0.307 e. The maximum absolute atomic E-state index is 11.4. The van der Waals surface area contributed by atoms with E-state index in [1.54, 1.807) is 0 Å².